The standard InChI is InChI=1S/C47H48O6/c1-2-3-4-7-19-38-25-29-40(30-26-38)44(49)34-42(23-12-20-36-15-8-5-9-16-36)46(51)53-47(52)43(24-13-21-37-17-10-6-11-18-37)35-45(50)41-31-27-39(28-32-41)22-14-33-48/h5-6,8-11,15-18,25-32,42-43,48H,2-4,12-13,20-21,23-24,33-35H2,1H3. The maximum atomic E-state index is 13.7. The van der Waals surface area contributed by atoms with E-state index in [0.717, 1.165) is 36.0 Å². The van der Waals surface area contributed by atoms with Crippen molar-refractivity contribution in [3.63, 3.8) is 0 Å². The van der Waals surface area contributed by atoms with Crippen molar-refractivity contribution in [2.24, 2.45) is 11.8 Å². The lowest BCUT2D eigenvalue weighted by Crippen LogP contribution is -2.29. The van der Waals surface area contributed by atoms with E-state index in [9.17, 15) is 19.2 Å². The van der Waals surface area contributed by atoms with Gasteiger partial charge in [0, 0.05) is 41.5 Å². The fourth-order valence-electron chi connectivity index (χ4n) is 6.00. The monoisotopic (exact) mass is 708 g/mol. The van der Waals surface area contributed by atoms with Gasteiger partial charge in [0.2, 0.25) is 0 Å². The third-order valence-electron chi connectivity index (χ3n) is 9.07. The molecule has 4 rings (SSSR count). The molecule has 4 aromatic rings. The first-order chi connectivity index (χ1) is 25.9. The van der Waals surface area contributed by atoms with Gasteiger partial charge >= 0.3 is 11.9 Å². The highest BCUT2D eigenvalue weighted by Gasteiger charge is 2.30. The van der Waals surface area contributed by atoms with E-state index in [1.165, 1.54) is 0 Å². The molecule has 272 valence electrons. The number of carbonyl (C=O) groups is 4. The van der Waals surface area contributed by atoms with Crippen LogP contribution in [-0.2, 0) is 27.2 Å². The molecule has 0 radical (unpaired) electrons. The van der Waals surface area contributed by atoms with Crippen LogP contribution < -0.4 is 0 Å². The normalized spacial score (nSPS) is 11.6. The van der Waals surface area contributed by atoms with Crippen molar-refractivity contribution >= 4 is 23.5 Å². The highest BCUT2D eigenvalue weighted by atomic mass is 16.6. The molecule has 0 aliphatic carbocycles. The molecule has 53 heavy (non-hydrogen) atoms. The Morgan fingerprint density at radius 2 is 1.02 bits per heavy atom. The van der Waals surface area contributed by atoms with Crippen LogP contribution in [0.1, 0.15) is 108 Å². The number of aryl methyl sites for hydroxylation is 2. The summed E-state index contributed by atoms with van der Waals surface area (Å²) in [5.74, 6) is 8.00. The predicted molar refractivity (Wildman–Crippen MR) is 208 cm³/mol. The van der Waals surface area contributed by atoms with E-state index in [-0.39, 0.29) is 31.0 Å². The van der Waals surface area contributed by atoms with E-state index < -0.39 is 23.8 Å². The maximum absolute atomic E-state index is 13.7. The average Bonchev–Trinajstić information content (AvgIpc) is 3.19. The molecular weight excluding hydrogens is 661 g/mol. The number of hydrogen-bond acceptors (Lipinski definition) is 6. The minimum Gasteiger partial charge on any atom is -0.393 e. The lowest BCUT2D eigenvalue weighted by Gasteiger charge is -2.19. The van der Waals surface area contributed by atoms with Crippen molar-refractivity contribution in [1.82, 2.24) is 0 Å². The van der Waals surface area contributed by atoms with Crippen LogP contribution in [0.25, 0.3) is 0 Å². The van der Waals surface area contributed by atoms with Gasteiger partial charge in [0.25, 0.3) is 0 Å². The van der Waals surface area contributed by atoms with Crippen molar-refractivity contribution in [1.29, 1.82) is 0 Å². The number of ether oxygens (including phenoxy) is 1. The van der Waals surface area contributed by atoms with Crippen LogP contribution >= 0.6 is 0 Å². The number of aliphatic hydroxyl groups is 1. The quantitative estimate of drug-likeness (QED) is 0.0365. The van der Waals surface area contributed by atoms with Crippen LogP contribution in [0.15, 0.2) is 109 Å². The molecule has 4 aromatic carbocycles. The number of hydrogen-bond donors (Lipinski definition) is 1. The van der Waals surface area contributed by atoms with Gasteiger partial charge in [-0.3, -0.25) is 19.2 Å². The first kappa shape index (κ1) is 40.2. The highest BCUT2D eigenvalue weighted by Crippen LogP contribution is 2.24. The van der Waals surface area contributed by atoms with Gasteiger partial charge in [0.1, 0.15) is 6.61 Å². The smallest absolute Gasteiger partial charge is 0.317 e. The molecule has 0 aromatic heterocycles. The Hall–Kier alpha value is -5.56. The van der Waals surface area contributed by atoms with E-state index >= 15 is 0 Å². The van der Waals surface area contributed by atoms with Crippen LogP contribution in [0.2, 0.25) is 0 Å². The molecule has 0 aliphatic rings. The van der Waals surface area contributed by atoms with Crippen LogP contribution in [0.5, 0.6) is 0 Å². The zero-order valence-corrected chi connectivity index (χ0v) is 30.5. The van der Waals surface area contributed by atoms with Crippen molar-refractivity contribution in [3.05, 3.63) is 143 Å². The molecule has 2 atom stereocenters. The van der Waals surface area contributed by atoms with Gasteiger partial charge in [-0.25, -0.2) is 0 Å². The van der Waals surface area contributed by atoms with E-state index in [1.54, 1.807) is 36.4 Å². The Morgan fingerprint density at radius 3 is 1.43 bits per heavy atom. The summed E-state index contributed by atoms with van der Waals surface area (Å²) >= 11 is 0. The number of unbranched alkanes of at least 4 members (excludes halogenated alkanes) is 2. The second-order valence-corrected chi connectivity index (χ2v) is 13.2. The Kier molecular flexibility index (Phi) is 17.0. The lowest BCUT2D eigenvalue weighted by atomic mass is 9.91. The van der Waals surface area contributed by atoms with Gasteiger partial charge < -0.3 is 9.84 Å². The summed E-state index contributed by atoms with van der Waals surface area (Å²) in [5, 5.41) is 8.98. The van der Waals surface area contributed by atoms with E-state index in [4.69, 9.17) is 9.84 Å². The van der Waals surface area contributed by atoms with Gasteiger partial charge in [0.15, 0.2) is 11.6 Å². The third-order valence-corrected chi connectivity index (χ3v) is 9.07. The Bertz CT molecular complexity index is 1890. The maximum Gasteiger partial charge on any atom is 0.317 e. The lowest BCUT2D eigenvalue weighted by molar-refractivity contribution is -0.165. The molecule has 0 saturated carbocycles. The number of aliphatic hydroxyl groups excluding tert-OH is 1. The molecule has 0 bridgehead atoms. The van der Waals surface area contributed by atoms with Crippen molar-refractivity contribution in [3.8, 4) is 23.7 Å². The highest BCUT2D eigenvalue weighted by molar-refractivity contribution is 6.01. The van der Waals surface area contributed by atoms with Gasteiger partial charge in [-0.1, -0.05) is 122 Å². The number of benzene rings is 4. The van der Waals surface area contributed by atoms with Crippen LogP contribution in [-0.4, -0.2) is 35.2 Å². The summed E-state index contributed by atoms with van der Waals surface area (Å²) in [6, 6.07) is 33.5. The van der Waals surface area contributed by atoms with E-state index in [2.05, 4.69) is 30.6 Å². The summed E-state index contributed by atoms with van der Waals surface area (Å²) in [6.45, 7) is 1.85. The summed E-state index contributed by atoms with van der Waals surface area (Å²) in [4.78, 5) is 54.4. The molecule has 2 unspecified atom stereocenters. The minimum atomic E-state index is -0.851. The molecule has 0 fully saturated rings. The molecule has 0 heterocycles. The number of esters is 2. The van der Waals surface area contributed by atoms with Crippen molar-refractivity contribution in [2.75, 3.05) is 6.61 Å². The molecule has 0 spiro atoms. The molecular formula is C47H48O6. The molecule has 0 saturated heterocycles. The van der Waals surface area contributed by atoms with Crippen molar-refractivity contribution < 1.29 is 29.0 Å². The van der Waals surface area contributed by atoms with Crippen LogP contribution in [0.3, 0.4) is 0 Å². The zero-order chi connectivity index (χ0) is 37.7. The van der Waals surface area contributed by atoms with Gasteiger partial charge in [-0.05, 0) is 80.3 Å². The van der Waals surface area contributed by atoms with Crippen LogP contribution in [0.4, 0.5) is 0 Å². The second kappa shape index (κ2) is 22.4. The van der Waals surface area contributed by atoms with Gasteiger partial charge in [-0.2, -0.15) is 0 Å². The average molecular weight is 709 g/mol. The third kappa shape index (κ3) is 14.2. The van der Waals surface area contributed by atoms with E-state index in [1.807, 2.05) is 72.8 Å². The van der Waals surface area contributed by atoms with E-state index in [0.29, 0.717) is 55.2 Å². The number of ketones is 2. The number of rotatable bonds is 18. The number of Topliss-reactive ketones (excluding diaryl/α,β-unsaturated/α-hetero) is 2. The summed E-state index contributed by atoms with van der Waals surface area (Å²) in [5.41, 5.74) is 4.57. The zero-order valence-electron chi connectivity index (χ0n) is 30.5. The Morgan fingerprint density at radius 1 is 0.585 bits per heavy atom. The fourth-order valence-corrected chi connectivity index (χ4v) is 6.00. The van der Waals surface area contributed by atoms with Crippen LogP contribution in [0, 0.1) is 35.5 Å². The summed E-state index contributed by atoms with van der Waals surface area (Å²) in [6.07, 6.45) is 6.04. The second-order valence-electron chi connectivity index (χ2n) is 13.2. The Balaban J connectivity index is 1.47. The van der Waals surface area contributed by atoms with Gasteiger partial charge in [-0.15, -0.1) is 0 Å². The molecule has 0 aliphatic heterocycles. The fraction of sp³-hybridized carbons (Fsp3) is 0.319. The Labute approximate surface area is 314 Å². The number of carbonyl (C=O) groups excluding carboxylic acids is 4. The van der Waals surface area contributed by atoms with Gasteiger partial charge in [0.05, 0.1) is 11.8 Å². The topological polar surface area (TPSA) is 97.7 Å². The molecule has 1 N–H and O–H groups in total. The summed E-state index contributed by atoms with van der Waals surface area (Å²) in [7, 11) is 0. The SMILES string of the molecule is CCCCC#Cc1ccc(C(=O)CC(CCCc2ccccc2)C(=O)OC(=O)C(CCCc2ccccc2)CC(=O)c2ccc(C#CCO)cc2)cc1. The minimum absolute atomic E-state index is 0.106. The first-order valence-electron chi connectivity index (χ1n) is 18.5. The molecule has 6 heteroatoms. The summed E-state index contributed by atoms with van der Waals surface area (Å²) < 4.78 is 5.56. The predicted octanol–water partition coefficient (Wildman–Crippen LogP) is 8.77. The van der Waals surface area contributed by atoms with Crippen molar-refractivity contribution in [2.45, 2.75) is 77.6 Å². The first-order valence-corrected chi connectivity index (χ1v) is 18.5. The largest absolute Gasteiger partial charge is 0.393 e. The molecule has 0 amide bonds. The molecule has 6 nitrogen and oxygen atoms in total.